The number of thiophene rings is 1. The van der Waals surface area contributed by atoms with Crippen molar-refractivity contribution < 1.29 is 14.3 Å². The molecule has 3 rings (SSSR count). The average molecular weight is 331 g/mol. The molecule has 1 aliphatic heterocycles. The van der Waals surface area contributed by atoms with Crippen molar-refractivity contribution in [3.63, 3.8) is 0 Å². The first-order valence-corrected chi connectivity index (χ1v) is 8.76. The van der Waals surface area contributed by atoms with Crippen LogP contribution in [0.25, 0.3) is 0 Å². The molecule has 0 spiro atoms. The van der Waals surface area contributed by atoms with Gasteiger partial charge in [0.05, 0.1) is 12.6 Å². The predicted molar refractivity (Wildman–Crippen MR) is 91.1 cm³/mol. The van der Waals surface area contributed by atoms with E-state index in [1.54, 1.807) is 23.5 Å². The molecule has 0 radical (unpaired) electrons. The lowest BCUT2D eigenvalue weighted by molar-refractivity contribution is 0.0679. The van der Waals surface area contributed by atoms with E-state index in [0.29, 0.717) is 24.5 Å². The highest BCUT2D eigenvalue weighted by Crippen LogP contribution is 2.18. The van der Waals surface area contributed by atoms with Crippen LogP contribution in [0.3, 0.4) is 0 Å². The first kappa shape index (κ1) is 16.0. The van der Waals surface area contributed by atoms with Crippen LogP contribution in [0.2, 0.25) is 0 Å². The second kappa shape index (κ2) is 7.62. The van der Waals surface area contributed by atoms with Gasteiger partial charge in [-0.1, -0.05) is 6.07 Å². The number of nitrogens with one attached hydrogen (secondary N) is 1. The van der Waals surface area contributed by atoms with Crippen LogP contribution in [-0.2, 0) is 11.3 Å². The van der Waals surface area contributed by atoms with E-state index in [0.717, 1.165) is 19.4 Å². The van der Waals surface area contributed by atoms with Gasteiger partial charge >= 0.3 is 0 Å². The fourth-order valence-electron chi connectivity index (χ4n) is 2.54. The highest BCUT2D eigenvalue weighted by Gasteiger charge is 2.16. The van der Waals surface area contributed by atoms with Gasteiger partial charge in [-0.05, 0) is 55.0 Å². The zero-order valence-corrected chi connectivity index (χ0v) is 14.0. The second-order valence-corrected chi connectivity index (χ2v) is 6.68. The quantitative estimate of drug-likeness (QED) is 0.881. The molecule has 4 nitrogen and oxygen atoms in total. The minimum absolute atomic E-state index is 0.0830. The van der Waals surface area contributed by atoms with Crippen molar-refractivity contribution in [1.29, 1.82) is 0 Å². The van der Waals surface area contributed by atoms with Crippen molar-refractivity contribution in [2.24, 2.45) is 0 Å². The molecule has 0 saturated carbocycles. The number of aryl methyl sites for hydroxylation is 1. The molecule has 23 heavy (non-hydrogen) atoms. The highest BCUT2D eigenvalue weighted by molar-refractivity contribution is 7.10. The van der Waals surface area contributed by atoms with Gasteiger partial charge < -0.3 is 14.8 Å². The molecule has 0 aliphatic carbocycles. The molecule has 1 fully saturated rings. The third-order valence-corrected chi connectivity index (χ3v) is 4.96. The standard InChI is InChI=1S/C18H21NO3S/c1-13-7-9-23-17(13)11-19-18(20)14-4-2-5-15(10-14)22-12-16-6-3-8-21-16/h2,4-5,7,9-10,16H,3,6,8,11-12H2,1H3,(H,19,20). The molecule has 2 aromatic rings. The summed E-state index contributed by atoms with van der Waals surface area (Å²) in [6.45, 7) is 3.97. The minimum Gasteiger partial charge on any atom is -0.491 e. The molecule has 0 bridgehead atoms. The van der Waals surface area contributed by atoms with Crippen molar-refractivity contribution in [1.82, 2.24) is 5.32 Å². The van der Waals surface area contributed by atoms with Crippen molar-refractivity contribution in [2.45, 2.75) is 32.4 Å². The van der Waals surface area contributed by atoms with Crippen LogP contribution in [0.5, 0.6) is 5.75 Å². The molecule has 1 unspecified atom stereocenters. The van der Waals surface area contributed by atoms with E-state index in [2.05, 4.69) is 18.3 Å². The molecule has 122 valence electrons. The Hall–Kier alpha value is -1.85. The number of benzene rings is 1. The van der Waals surface area contributed by atoms with Crippen molar-refractivity contribution in [3.05, 3.63) is 51.7 Å². The van der Waals surface area contributed by atoms with Crippen LogP contribution in [0.15, 0.2) is 35.7 Å². The van der Waals surface area contributed by atoms with Gasteiger partial charge in [0.25, 0.3) is 5.91 Å². The molecule has 1 aromatic heterocycles. The molecule has 1 amide bonds. The van der Waals surface area contributed by atoms with E-state index in [1.165, 1.54) is 10.4 Å². The van der Waals surface area contributed by atoms with Gasteiger partial charge in [0.1, 0.15) is 12.4 Å². The van der Waals surface area contributed by atoms with Crippen molar-refractivity contribution >= 4 is 17.2 Å². The Kier molecular flexibility index (Phi) is 5.31. The monoisotopic (exact) mass is 331 g/mol. The molecule has 1 N–H and O–H groups in total. The Labute approximate surface area is 140 Å². The molecule has 1 aromatic carbocycles. The predicted octanol–water partition coefficient (Wildman–Crippen LogP) is 3.54. The second-order valence-electron chi connectivity index (χ2n) is 5.68. The lowest BCUT2D eigenvalue weighted by atomic mass is 10.2. The van der Waals surface area contributed by atoms with Crippen LogP contribution < -0.4 is 10.1 Å². The number of carbonyl (C=O) groups excluding carboxylic acids is 1. The Morgan fingerprint density at radius 3 is 3.09 bits per heavy atom. The molecule has 1 saturated heterocycles. The number of hydrogen-bond acceptors (Lipinski definition) is 4. The Bertz CT molecular complexity index is 662. The van der Waals surface area contributed by atoms with Gasteiger partial charge in [0, 0.05) is 17.0 Å². The van der Waals surface area contributed by atoms with Crippen LogP contribution >= 0.6 is 11.3 Å². The summed E-state index contributed by atoms with van der Waals surface area (Å²) < 4.78 is 11.3. The van der Waals surface area contributed by atoms with Crippen LogP contribution in [0.1, 0.15) is 33.6 Å². The van der Waals surface area contributed by atoms with Gasteiger partial charge in [-0.2, -0.15) is 0 Å². The molecule has 5 heteroatoms. The number of ether oxygens (including phenoxy) is 2. The summed E-state index contributed by atoms with van der Waals surface area (Å²) >= 11 is 1.66. The van der Waals surface area contributed by atoms with Crippen LogP contribution in [-0.4, -0.2) is 25.2 Å². The Balaban J connectivity index is 1.55. The lowest BCUT2D eigenvalue weighted by Gasteiger charge is -2.12. The topological polar surface area (TPSA) is 47.6 Å². The summed E-state index contributed by atoms with van der Waals surface area (Å²) in [5.41, 5.74) is 1.83. The fraction of sp³-hybridized carbons (Fsp3) is 0.389. The summed E-state index contributed by atoms with van der Waals surface area (Å²) in [4.78, 5) is 13.5. The maximum atomic E-state index is 12.3. The SMILES string of the molecule is Cc1ccsc1CNC(=O)c1cccc(OCC2CCCO2)c1. The van der Waals surface area contributed by atoms with E-state index in [4.69, 9.17) is 9.47 Å². The zero-order chi connectivity index (χ0) is 16.1. The van der Waals surface area contributed by atoms with Crippen molar-refractivity contribution in [3.8, 4) is 5.75 Å². The van der Waals surface area contributed by atoms with E-state index in [1.807, 2.05) is 17.5 Å². The number of hydrogen-bond donors (Lipinski definition) is 1. The third-order valence-electron chi connectivity index (χ3n) is 3.93. The molecule has 2 heterocycles. The van der Waals surface area contributed by atoms with Gasteiger partial charge in [0.2, 0.25) is 0 Å². The van der Waals surface area contributed by atoms with E-state index in [-0.39, 0.29) is 12.0 Å². The largest absolute Gasteiger partial charge is 0.491 e. The smallest absolute Gasteiger partial charge is 0.251 e. The maximum Gasteiger partial charge on any atom is 0.251 e. The maximum absolute atomic E-state index is 12.3. The molecule has 1 atom stereocenters. The normalized spacial score (nSPS) is 17.2. The number of amides is 1. The first-order chi connectivity index (χ1) is 11.2. The molecule has 1 aliphatic rings. The lowest BCUT2D eigenvalue weighted by Crippen LogP contribution is -2.22. The van der Waals surface area contributed by atoms with Gasteiger partial charge in [-0.25, -0.2) is 0 Å². The van der Waals surface area contributed by atoms with E-state index >= 15 is 0 Å². The number of rotatable bonds is 6. The number of carbonyl (C=O) groups is 1. The van der Waals surface area contributed by atoms with Gasteiger partial charge in [-0.15, -0.1) is 11.3 Å². The molecular weight excluding hydrogens is 310 g/mol. The summed E-state index contributed by atoms with van der Waals surface area (Å²) in [6, 6.07) is 9.36. The zero-order valence-electron chi connectivity index (χ0n) is 13.2. The summed E-state index contributed by atoms with van der Waals surface area (Å²) in [5, 5.41) is 5.00. The Morgan fingerprint density at radius 1 is 1.43 bits per heavy atom. The molecular formula is C18H21NO3S. The fourth-order valence-corrected chi connectivity index (χ4v) is 3.39. The summed E-state index contributed by atoms with van der Waals surface area (Å²) in [5.74, 6) is 0.626. The minimum atomic E-state index is -0.0830. The Morgan fingerprint density at radius 2 is 2.35 bits per heavy atom. The van der Waals surface area contributed by atoms with Gasteiger partial charge in [0.15, 0.2) is 0 Å². The van der Waals surface area contributed by atoms with Crippen LogP contribution in [0, 0.1) is 6.92 Å². The average Bonchev–Trinajstić information content (AvgIpc) is 3.22. The summed E-state index contributed by atoms with van der Waals surface area (Å²) in [6.07, 6.45) is 2.31. The van der Waals surface area contributed by atoms with Crippen LogP contribution in [0.4, 0.5) is 0 Å². The van der Waals surface area contributed by atoms with E-state index < -0.39 is 0 Å². The van der Waals surface area contributed by atoms with Crippen molar-refractivity contribution in [2.75, 3.05) is 13.2 Å². The first-order valence-electron chi connectivity index (χ1n) is 7.88. The highest BCUT2D eigenvalue weighted by atomic mass is 32.1. The van der Waals surface area contributed by atoms with Gasteiger partial charge in [-0.3, -0.25) is 4.79 Å². The summed E-state index contributed by atoms with van der Waals surface area (Å²) in [7, 11) is 0. The third kappa shape index (κ3) is 4.33. The van der Waals surface area contributed by atoms with E-state index in [9.17, 15) is 4.79 Å².